The van der Waals surface area contributed by atoms with E-state index in [4.69, 9.17) is 35.2 Å². The minimum atomic E-state index is 0.194. The van der Waals surface area contributed by atoms with Gasteiger partial charge in [0.25, 0.3) is 0 Å². The Labute approximate surface area is 215 Å². The first-order chi connectivity index (χ1) is 14.8. The number of para-hydroxylation sites is 2. The zero-order chi connectivity index (χ0) is 23.0. The van der Waals surface area contributed by atoms with E-state index < -0.39 is 0 Å². The van der Waals surface area contributed by atoms with Crippen molar-refractivity contribution >= 4 is 74.9 Å². The Morgan fingerprint density at radius 3 is 1.45 bits per heavy atom. The van der Waals surface area contributed by atoms with Crippen molar-refractivity contribution in [2.24, 2.45) is 9.98 Å². The van der Waals surface area contributed by atoms with Crippen LogP contribution >= 0.6 is 52.1 Å². The van der Waals surface area contributed by atoms with Gasteiger partial charge in [0.05, 0.1) is 34.2 Å². The van der Waals surface area contributed by atoms with Crippen LogP contribution in [0.2, 0.25) is 0 Å². The summed E-state index contributed by atoms with van der Waals surface area (Å²) in [6.45, 7) is 8.07. The van der Waals surface area contributed by atoms with Crippen molar-refractivity contribution in [3.8, 4) is 0 Å². The molecule has 164 valence electrons. The van der Waals surface area contributed by atoms with Crippen LogP contribution in [0.25, 0.3) is 0 Å². The molecule has 2 aromatic carbocycles. The summed E-state index contributed by atoms with van der Waals surface area (Å²) in [4.78, 5) is 14.4. The Morgan fingerprint density at radius 1 is 0.742 bits per heavy atom. The van der Waals surface area contributed by atoms with Gasteiger partial charge in [0.2, 0.25) is 0 Å². The molecule has 1 heterocycles. The molecular weight excluding hydrogens is 605 g/mol. The molecule has 0 atom stereocenters. The van der Waals surface area contributed by atoms with Gasteiger partial charge in [0, 0.05) is 8.95 Å². The Hall–Kier alpha value is -1.01. The molecule has 0 amide bonds. The molecule has 0 fully saturated rings. The van der Waals surface area contributed by atoms with Gasteiger partial charge in [-0.3, -0.25) is 9.98 Å². The second-order valence-corrected chi connectivity index (χ2v) is 10.2. The Kier molecular flexibility index (Phi) is 10.9. The Bertz CT molecular complexity index is 994. The molecule has 8 heteroatoms. The van der Waals surface area contributed by atoms with E-state index in [-0.39, 0.29) is 13.1 Å². The van der Waals surface area contributed by atoms with Crippen molar-refractivity contribution in [3.05, 3.63) is 86.1 Å². The van der Waals surface area contributed by atoms with Crippen molar-refractivity contribution < 1.29 is 13.1 Å². The van der Waals surface area contributed by atoms with Crippen LogP contribution < -0.4 is 0 Å². The van der Waals surface area contributed by atoms with Crippen LogP contribution in [0.4, 0.5) is 11.4 Å². The minimum absolute atomic E-state index is 0.194. The molecule has 0 bridgehead atoms. The predicted molar refractivity (Wildman–Crippen MR) is 137 cm³/mol. The first-order valence-electron chi connectivity index (χ1n) is 9.22. The molecule has 0 aliphatic heterocycles. The number of rotatable bonds is 4. The average Bonchev–Trinajstić information content (AvgIpc) is 2.74. The Balaban J connectivity index is 0.00000107. The van der Waals surface area contributed by atoms with Gasteiger partial charge in [-0.1, -0.05) is 30.3 Å². The third-order valence-electron chi connectivity index (χ3n) is 4.43. The fourth-order valence-corrected chi connectivity index (χ4v) is 3.93. The van der Waals surface area contributed by atoms with Crippen molar-refractivity contribution in [3.63, 3.8) is 0 Å². The summed E-state index contributed by atoms with van der Waals surface area (Å²) in [5.74, 6) is 0. The molecule has 3 nitrogen and oxygen atoms in total. The predicted octanol–water partition coefficient (Wildman–Crippen LogP) is 8.88. The topological polar surface area (TPSA) is 37.6 Å². The second kappa shape index (κ2) is 12.9. The number of benzene rings is 2. The van der Waals surface area contributed by atoms with Gasteiger partial charge in [0.1, 0.15) is 0 Å². The molecule has 0 saturated carbocycles. The quantitative estimate of drug-likeness (QED) is 0.211. The molecule has 3 rings (SSSR count). The van der Waals surface area contributed by atoms with Crippen molar-refractivity contribution in [2.75, 3.05) is 0 Å². The monoisotopic (exact) mass is 623 g/mol. The van der Waals surface area contributed by atoms with Crippen LogP contribution in [0.15, 0.2) is 73.5 Å². The third kappa shape index (κ3) is 7.52. The zero-order valence-electron chi connectivity index (χ0n) is 17.4. The van der Waals surface area contributed by atoms with Crippen LogP contribution in [-0.2, 0) is 13.1 Å². The van der Waals surface area contributed by atoms with Crippen LogP contribution in [0, 0.1) is 13.8 Å². The molecule has 0 N–H and O–H groups in total. The number of aryl methyl sites for hydroxylation is 2. The molecule has 0 aliphatic carbocycles. The average molecular weight is 626 g/mol. The SMILES string of the molecule is CC(=Nc1c(C)cccc1Br)c1cccc(C(C)=Nc2c(C)cccc2Br)n1.[Cl][Fe][Cl]. The Morgan fingerprint density at radius 2 is 1.10 bits per heavy atom. The van der Waals surface area contributed by atoms with Crippen molar-refractivity contribution in [1.82, 2.24) is 4.98 Å². The van der Waals surface area contributed by atoms with Crippen LogP contribution in [0.3, 0.4) is 0 Å². The molecule has 0 saturated heterocycles. The molecule has 0 radical (unpaired) electrons. The molecule has 0 unspecified atom stereocenters. The summed E-state index contributed by atoms with van der Waals surface area (Å²) in [6.07, 6.45) is 0. The van der Waals surface area contributed by atoms with Gasteiger partial charge >= 0.3 is 33.3 Å². The van der Waals surface area contributed by atoms with Gasteiger partial charge in [-0.2, -0.15) is 0 Å². The molecule has 0 aliphatic rings. The summed E-state index contributed by atoms with van der Waals surface area (Å²) >= 11 is 7.37. The number of aliphatic imine (C=N–C) groups is 2. The van der Waals surface area contributed by atoms with E-state index in [1.54, 1.807) is 0 Å². The summed E-state index contributed by atoms with van der Waals surface area (Å²) in [6, 6.07) is 18.1. The summed E-state index contributed by atoms with van der Waals surface area (Å²) < 4.78 is 1.95. The van der Waals surface area contributed by atoms with E-state index in [2.05, 4.69) is 57.8 Å². The van der Waals surface area contributed by atoms with E-state index in [1.165, 1.54) is 0 Å². The number of aromatic nitrogens is 1. The van der Waals surface area contributed by atoms with Gasteiger partial charge in [-0.25, -0.2) is 4.98 Å². The van der Waals surface area contributed by atoms with Gasteiger partial charge in [0.15, 0.2) is 0 Å². The number of hydrogen-bond acceptors (Lipinski definition) is 3. The first kappa shape index (κ1) is 26.2. The van der Waals surface area contributed by atoms with Crippen molar-refractivity contribution in [1.29, 1.82) is 0 Å². The number of halogens is 4. The van der Waals surface area contributed by atoms with E-state index in [0.717, 1.165) is 54.3 Å². The summed E-state index contributed by atoms with van der Waals surface area (Å²) in [5.41, 5.74) is 7.50. The fraction of sp³-hybridized carbons (Fsp3) is 0.174. The maximum absolute atomic E-state index is 4.80. The van der Waals surface area contributed by atoms with E-state index >= 15 is 0 Å². The standard InChI is InChI=1S/C23H21Br2N3.2ClH.Fe/c1-14-8-5-10-18(24)22(14)26-16(3)20-12-7-13-21(28-20)17(4)27-23-15(2)9-6-11-19(23)25;;;/h5-13H,1-4H3;2*1H;/q;;;+2/p-2. The summed E-state index contributed by atoms with van der Waals surface area (Å²) in [7, 11) is 9.53. The molecular formula is C23H21Br2Cl2FeN3. The van der Waals surface area contributed by atoms with E-state index in [1.807, 2.05) is 56.3 Å². The molecule has 1 aromatic heterocycles. The number of pyridine rings is 1. The van der Waals surface area contributed by atoms with Crippen LogP contribution in [0.5, 0.6) is 0 Å². The van der Waals surface area contributed by atoms with E-state index in [0.29, 0.717) is 0 Å². The zero-order valence-corrected chi connectivity index (χ0v) is 23.2. The van der Waals surface area contributed by atoms with Gasteiger partial charge in [-0.05, 0) is 94.9 Å². The molecule has 31 heavy (non-hydrogen) atoms. The maximum atomic E-state index is 4.80. The first-order valence-corrected chi connectivity index (χ1v) is 13.8. The van der Waals surface area contributed by atoms with Gasteiger partial charge in [-0.15, -0.1) is 0 Å². The third-order valence-corrected chi connectivity index (χ3v) is 5.71. The summed E-state index contributed by atoms with van der Waals surface area (Å²) in [5, 5.41) is 0. The fourth-order valence-electron chi connectivity index (χ4n) is 2.82. The van der Waals surface area contributed by atoms with Crippen molar-refractivity contribution in [2.45, 2.75) is 27.7 Å². The number of hydrogen-bond donors (Lipinski definition) is 0. The van der Waals surface area contributed by atoms with Crippen LogP contribution in [-0.4, -0.2) is 16.4 Å². The second-order valence-electron chi connectivity index (χ2n) is 6.66. The van der Waals surface area contributed by atoms with Gasteiger partial charge < -0.3 is 0 Å². The van der Waals surface area contributed by atoms with E-state index in [9.17, 15) is 0 Å². The number of nitrogens with zero attached hydrogens (tertiary/aromatic N) is 3. The van der Waals surface area contributed by atoms with Crippen LogP contribution in [0.1, 0.15) is 36.4 Å². The molecule has 0 spiro atoms. The molecule has 3 aromatic rings. The normalized spacial score (nSPS) is 11.9.